The van der Waals surface area contributed by atoms with Crippen LogP contribution in [0.25, 0.3) is 0 Å². The predicted octanol–water partition coefficient (Wildman–Crippen LogP) is 0.482. The summed E-state index contributed by atoms with van der Waals surface area (Å²) in [5, 5.41) is 4.41. The second kappa shape index (κ2) is 8.17. The lowest BCUT2D eigenvalue weighted by Gasteiger charge is -2.35. The first-order valence-electron chi connectivity index (χ1n) is 9.59. The molecule has 0 bridgehead atoms. The van der Waals surface area contributed by atoms with E-state index in [9.17, 15) is 0 Å². The van der Waals surface area contributed by atoms with E-state index >= 15 is 0 Å². The van der Waals surface area contributed by atoms with Crippen molar-refractivity contribution in [1.82, 2.24) is 14.3 Å². The number of aryl methyl sites for hydroxylation is 1. The van der Waals surface area contributed by atoms with Crippen LogP contribution in [0.3, 0.4) is 0 Å². The topological polar surface area (TPSA) is 31.6 Å². The number of nitrogens with one attached hydrogen (secondary N) is 2. The van der Waals surface area contributed by atoms with Crippen LogP contribution in [0.4, 0.5) is 0 Å². The minimum absolute atomic E-state index is 0.394. The van der Waals surface area contributed by atoms with Gasteiger partial charge in [-0.15, -0.1) is 0 Å². The molecule has 1 aliphatic rings. The lowest BCUT2D eigenvalue weighted by atomic mass is 9.96. The van der Waals surface area contributed by atoms with Crippen molar-refractivity contribution in [3.8, 4) is 0 Å². The van der Waals surface area contributed by atoms with Gasteiger partial charge in [-0.1, -0.05) is 60.7 Å². The molecule has 0 amide bonds. The van der Waals surface area contributed by atoms with Gasteiger partial charge in [0.25, 0.3) is 0 Å². The third-order valence-electron chi connectivity index (χ3n) is 5.53. The number of rotatable bonds is 5. The molecule has 3 aromatic rings. The fraction of sp³-hybridized carbons (Fsp3) is 0.333. The van der Waals surface area contributed by atoms with Crippen molar-refractivity contribution in [2.24, 2.45) is 7.05 Å². The summed E-state index contributed by atoms with van der Waals surface area (Å²) >= 11 is 5.43. The molecule has 2 aromatic carbocycles. The highest BCUT2D eigenvalue weighted by Gasteiger charge is 2.31. The van der Waals surface area contributed by atoms with Crippen molar-refractivity contribution >= 4 is 12.2 Å². The van der Waals surface area contributed by atoms with Crippen LogP contribution in [0.1, 0.15) is 17.2 Å². The number of nitrogens with zero attached hydrogens (tertiary/aromatic N) is 3. The third kappa shape index (κ3) is 4.03. The van der Waals surface area contributed by atoms with Gasteiger partial charge in [-0.05, 0) is 12.2 Å². The lowest BCUT2D eigenvalue weighted by molar-refractivity contribution is -1.03. The molecule has 0 saturated carbocycles. The zero-order valence-corrected chi connectivity index (χ0v) is 16.5. The number of benzene rings is 2. The summed E-state index contributed by atoms with van der Waals surface area (Å²) in [7, 11) is 1.95. The van der Waals surface area contributed by atoms with Gasteiger partial charge in [-0.25, -0.2) is 0 Å². The quantitative estimate of drug-likeness (QED) is 0.630. The van der Waals surface area contributed by atoms with Gasteiger partial charge >= 0.3 is 0 Å². The van der Waals surface area contributed by atoms with Gasteiger partial charge in [0, 0.05) is 18.2 Å². The van der Waals surface area contributed by atoms with Crippen LogP contribution in [-0.4, -0.2) is 40.5 Å². The molecule has 27 heavy (non-hydrogen) atoms. The first kappa shape index (κ1) is 18.1. The zero-order chi connectivity index (χ0) is 18.6. The number of piperazine rings is 1. The lowest BCUT2D eigenvalue weighted by Crippen LogP contribution is -3.27. The van der Waals surface area contributed by atoms with Crippen LogP contribution in [0.5, 0.6) is 0 Å². The Balaban J connectivity index is 1.49. The molecule has 0 aliphatic carbocycles. The van der Waals surface area contributed by atoms with E-state index in [0.29, 0.717) is 6.04 Å². The SMILES string of the molecule is Cn1cnn(C[NH+]2CC[NH+](C(c3ccccc3)c3ccccc3)CC2)c1=S. The summed E-state index contributed by atoms with van der Waals surface area (Å²) in [5.74, 6) is 0. The Morgan fingerprint density at radius 1 is 0.926 bits per heavy atom. The molecule has 0 spiro atoms. The Morgan fingerprint density at radius 3 is 1.96 bits per heavy atom. The van der Waals surface area contributed by atoms with E-state index in [0.717, 1.165) is 37.6 Å². The van der Waals surface area contributed by atoms with E-state index in [1.165, 1.54) is 11.1 Å². The Morgan fingerprint density at radius 2 is 1.48 bits per heavy atom. The Labute approximate surface area is 165 Å². The van der Waals surface area contributed by atoms with Gasteiger partial charge in [0.1, 0.15) is 38.5 Å². The molecule has 0 radical (unpaired) electrons. The van der Waals surface area contributed by atoms with Crippen LogP contribution in [0.15, 0.2) is 67.0 Å². The van der Waals surface area contributed by atoms with Crippen molar-refractivity contribution in [3.63, 3.8) is 0 Å². The molecule has 6 heteroatoms. The predicted molar refractivity (Wildman–Crippen MR) is 108 cm³/mol. The molecular weight excluding hydrogens is 354 g/mol. The number of hydrogen-bond acceptors (Lipinski definition) is 2. The van der Waals surface area contributed by atoms with E-state index < -0.39 is 0 Å². The maximum atomic E-state index is 5.43. The largest absolute Gasteiger partial charge is 0.316 e. The number of hydrogen-bond donors (Lipinski definition) is 2. The van der Waals surface area contributed by atoms with Gasteiger partial charge in [0.05, 0.1) is 0 Å². The first-order valence-corrected chi connectivity index (χ1v) is 9.99. The molecule has 0 atom stereocenters. The normalized spacial score (nSPS) is 20.1. The van der Waals surface area contributed by atoms with Gasteiger partial charge < -0.3 is 14.4 Å². The molecule has 1 fully saturated rings. The molecule has 1 saturated heterocycles. The van der Waals surface area contributed by atoms with E-state index in [2.05, 4.69) is 65.8 Å². The second-order valence-electron chi connectivity index (χ2n) is 7.34. The van der Waals surface area contributed by atoms with Gasteiger partial charge in [0.15, 0.2) is 6.67 Å². The molecule has 0 unspecified atom stereocenters. The highest BCUT2D eigenvalue weighted by Crippen LogP contribution is 2.18. The molecular formula is C21H27N5S+2. The fourth-order valence-corrected chi connectivity index (χ4v) is 4.23. The van der Waals surface area contributed by atoms with Crippen LogP contribution in [0, 0.1) is 4.77 Å². The fourth-order valence-electron chi connectivity index (χ4n) is 4.07. The summed E-state index contributed by atoms with van der Waals surface area (Å²) in [6, 6.07) is 22.2. The highest BCUT2D eigenvalue weighted by atomic mass is 32.1. The monoisotopic (exact) mass is 381 g/mol. The summed E-state index contributed by atoms with van der Waals surface area (Å²) in [6.07, 6.45) is 1.80. The van der Waals surface area contributed by atoms with Crippen LogP contribution < -0.4 is 9.80 Å². The standard InChI is InChI=1S/C21H25N5S/c1-23-16-22-26(21(23)27)17-24-12-14-25(15-13-24)20(18-8-4-2-5-9-18)19-10-6-3-7-11-19/h2-11,16,20H,12-15,17H2,1H3/p+2. The van der Waals surface area contributed by atoms with Crippen molar-refractivity contribution in [1.29, 1.82) is 0 Å². The van der Waals surface area contributed by atoms with E-state index in [1.807, 2.05) is 16.3 Å². The first-order chi connectivity index (χ1) is 13.2. The summed E-state index contributed by atoms with van der Waals surface area (Å²) in [4.78, 5) is 3.19. The average Bonchev–Trinajstić information content (AvgIpc) is 3.03. The van der Waals surface area contributed by atoms with Crippen LogP contribution in [0.2, 0.25) is 0 Å². The van der Waals surface area contributed by atoms with E-state index in [4.69, 9.17) is 12.2 Å². The van der Waals surface area contributed by atoms with Gasteiger partial charge in [0.2, 0.25) is 4.77 Å². The van der Waals surface area contributed by atoms with Gasteiger partial charge in [-0.3, -0.25) is 0 Å². The summed E-state index contributed by atoms with van der Waals surface area (Å²) < 4.78 is 4.64. The molecule has 2 heterocycles. The molecule has 1 aromatic heterocycles. The van der Waals surface area contributed by atoms with Crippen molar-refractivity contribution in [2.45, 2.75) is 12.7 Å². The Kier molecular flexibility index (Phi) is 5.48. The molecule has 5 nitrogen and oxygen atoms in total. The van der Waals surface area contributed by atoms with E-state index in [-0.39, 0.29) is 0 Å². The Bertz CT molecular complexity index is 871. The molecule has 1 aliphatic heterocycles. The molecule has 140 valence electrons. The van der Waals surface area contributed by atoms with Crippen molar-refractivity contribution in [2.75, 3.05) is 26.2 Å². The maximum Gasteiger partial charge on any atom is 0.202 e. The van der Waals surface area contributed by atoms with E-state index in [1.54, 1.807) is 16.1 Å². The summed E-state index contributed by atoms with van der Waals surface area (Å²) in [6.45, 7) is 5.40. The maximum absolute atomic E-state index is 5.43. The second-order valence-corrected chi connectivity index (χ2v) is 7.71. The number of quaternary nitrogens is 2. The zero-order valence-electron chi connectivity index (χ0n) is 15.7. The van der Waals surface area contributed by atoms with Gasteiger partial charge in [-0.2, -0.15) is 9.78 Å². The van der Waals surface area contributed by atoms with Crippen LogP contribution in [-0.2, 0) is 13.7 Å². The smallest absolute Gasteiger partial charge is 0.202 e. The molecule has 4 rings (SSSR count). The minimum Gasteiger partial charge on any atom is -0.316 e. The Hall–Kier alpha value is -2.28. The average molecular weight is 382 g/mol. The third-order valence-corrected chi connectivity index (χ3v) is 6.03. The van der Waals surface area contributed by atoms with Crippen LogP contribution >= 0.6 is 12.2 Å². The van der Waals surface area contributed by atoms with Crippen molar-refractivity contribution < 1.29 is 9.80 Å². The highest BCUT2D eigenvalue weighted by molar-refractivity contribution is 7.71. The summed E-state index contributed by atoms with van der Waals surface area (Å²) in [5.41, 5.74) is 2.79. The van der Waals surface area contributed by atoms with Crippen molar-refractivity contribution in [3.05, 3.63) is 82.9 Å². The number of aromatic nitrogens is 3. The minimum atomic E-state index is 0.394. The molecule has 2 N–H and O–H groups in total.